The van der Waals surface area contributed by atoms with Gasteiger partial charge in [-0.05, 0) is 31.9 Å². The van der Waals surface area contributed by atoms with Gasteiger partial charge in [-0.2, -0.15) is 0 Å². The molecule has 0 aliphatic carbocycles. The highest BCUT2D eigenvalue weighted by molar-refractivity contribution is 6.09. The summed E-state index contributed by atoms with van der Waals surface area (Å²) in [6.07, 6.45) is 5.07. The lowest BCUT2D eigenvalue weighted by Gasteiger charge is -2.32. The number of nitrogens with one attached hydrogen (secondary N) is 1. The van der Waals surface area contributed by atoms with Crippen molar-refractivity contribution in [3.8, 4) is 0 Å². The van der Waals surface area contributed by atoms with E-state index in [4.69, 9.17) is 5.73 Å². The van der Waals surface area contributed by atoms with Crippen LogP contribution in [0, 0.1) is 12.8 Å². The Morgan fingerprint density at radius 1 is 1.41 bits per heavy atom. The highest BCUT2D eigenvalue weighted by atomic mass is 16.4. The van der Waals surface area contributed by atoms with E-state index in [0.717, 1.165) is 47.3 Å². The average Bonchev–Trinajstić information content (AvgIpc) is 3.09. The van der Waals surface area contributed by atoms with Gasteiger partial charge >= 0.3 is 5.97 Å². The second-order valence-electron chi connectivity index (χ2n) is 7.24. The van der Waals surface area contributed by atoms with Crippen LogP contribution in [0.2, 0.25) is 0 Å². The van der Waals surface area contributed by atoms with Crippen LogP contribution in [0.1, 0.15) is 32.5 Å². The molecule has 1 aliphatic rings. The molecular formula is C19H26N6O2. The summed E-state index contributed by atoms with van der Waals surface area (Å²) < 4.78 is 0. The zero-order valence-electron chi connectivity index (χ0n) is 15.9. The fourth-order valence-electron chi connectivity index (χ4n) is 3.33. The van der Waals surface area contributed by atoms with Gasteiger partial charge in [0.1, 0.15) is 11.6 Å². The number of piperidine rings is 1. The van der Waals surface area contributed by atoms with Crippen LogP contribution in [0.25, 0.3) is 21.9 Å². The number of fused-ring (bicyclic) bond motifs is 3. The zero-order chi connectivity index (χ0) is 19.6. The van der Waals surface area contributed by atoms with Gasteiger partial charge in [-0.3, -0.25) is 4.79 Å². The molecule has 1 fully saturated rings. The molecule has 0 bridgehead atoms. The van der Waals surface area contributed by atoms with Gasteiger partial charge in [0.15, 0.2) is 5.65 Å². The topological polar surface area (TPSA) is 121 Å². The summed E-state index contributed by atoms with van der Waals surface area (Å²) in [6.45, 7) is 7.08. The molecule has 1 atom stereocenters. The number of rotatable bonds is 2. The van der Waals surface area contributed by atoms with Crippen LogP contribution in [0.5, 0.6) is 0 Å². The van der Waals surface area contributed by atoms with Crippen molar-refractivity contribution in [3.63, 3.8) is 0 Å². The number of aromatic nitrogens is 4. The number of aromatic amines is 1. The Labute approximate surface area is 157 Å². The molecule has 3 aromatic rings. The van der Waals surface area contributed by atoms with E-state index in [0.29, 0.717) is 18.2 Å². The van der Waals surface area contributed by atoms with E-state index in [1.807, 2.05) is 26.8 Å². The molecule has 4 N–H and O–H groups in total. The smallest absolute Gasteiger partial charge is 0.308 e. The van der Waals surface area contributed by atoms with Crippen LogP contribution in [-0.4, -0.2) is 50.1 Å². The molecule has 0 amide bonds. The number of nitrogens with two attached hydrogens (primary N) is 1. The van der Waals surface area contributed by atoms with Gasteiger partial charge in [0, 0.05) is 24.7 Å². The summed E-state index contributed by atoms with van der Waals surface area (Å²) in [5.74, 6) is 0.522. The molecule has 8 heteroatoms. The fraction of sp³-hybridized carbons (Fsp3) is 0.474. The first-order chi connectivity index (χ1) is 12.9. The quantitative estimate of drug-likeness (QED) is 0.633. The Morgan fingerprint density at radius 2 is 2.15 bits per heavy atom. The molecule has 0 aromatic carbocycles. The van der Waals surface area contributed by atoms with E-state index in [9.17, 15) is 9.90 Å². The standard InChI is InChI=1S/C16H17N5O2.C3H9N/c1-9-19-12-7-18-14-11(4-5-17-14)13(12)15(20-9)21-6-2-3-10(8-21)16(22)23;1-3(2)4/h4-5,7,10H,2-3,6,8H2,1H3,(H,19,20)(H,22,23);3H,4H2,1-2H3. The van der Waals surface area contributed by atoms with Gasteiger partial charge in [-0.25, -0.2) is 15.0 Å². The first-order valence-corrected chi connectivity index (χ1v) is 9.20. The van der Waals surface area contributed by atoms with Gasteiger partial charge in [0.25, 0.3) is 0 Å². The normalized spacial score (nSPS) is 17.2. The van der Waals surface area contributed by atoms with Crippen molar-refractivity contribution in [1.29, 1.82) is 0 Å². The van der Waals surface area contributed by atoms with Crippen molar-refractivity contribution in [1.82, 2.24) is 19.9 Å². The predicted molar refractivity (Wildman–Crippen MR) is 106 cm³/mol. The van der Waals surface area contributed by atoms with Crippen molar-refractivity contribution < 1.29 is 9.90 Å². The first-order valence-electron chi connectivity index (χ1n) is 9.20. The molecule has 0 saturated carbocycles. The maximum absolute atomic E-state index is 11.4. The molecule has 1 saturated heterocycles. The van der Waals surface area contributed by atoms with Gasteiger partial charge < -0.3 is 20.7 Å². The van der Waals surface area contributed by atoms with Gasteiger partial charge in [-0.1, -0.05) is 13.8 Å². The van der Waals surface area contributed by atoms with Crippen molar-refractivity contribution in [2.24, 2.45) is 11.7 Å². The lowest BCUT2D eigenvalue weighted by Crippen LogP contribution is -2.39. The minimum Gasteiger partial charge on any atom is -0.481 e. The van der Waals surface area contributed by atoms with Crippen molar-refractivity contribution >= 4 is 33.7 Å². The molecule has 0 radical (unpaired) electrons. The maximum Gasteiger partial charge on any atom is 0.308 e. The van der Waals surface area contributed by atoms with Gasteiger partial charge in [0.05, 0.1) is 23.0 Å². The number of carboxylic acids is 1. The Kier molecular flexibility index (Phi) is 5.55. The SMILES string of the molecule is CC(C)N.Cc1nc(N2CCCC(C(=O)O)C2)c2c(cnc3nccc32)[nH]1. The number of carbonyl (C=O) groups is 1. The Balaban J connectivity index is 0.000000481. The van der Waals surface area contributed by atoms with Crippen LogP contribution in [0.3, 0.4) is 0 Å². The van der Waals surface area contributed by atoms with E-state index in [2.05, 4.69) is 24.8 Å². The van der Waals surface area contributed by atoms with E-state index in [-0.39, 0.29) is 5.92 Å². The Bertz CT molecular complexity index is 949. The molecule has 0 spiro atoms. The lowest BCUT2D eigenvalue weighted by atomic mass is 9.98. The minimum atomic E-state index is -0.736. The second kappa shape index (κ2) is 7.87. The van der Waals surface area contributed by atoms with E-state index < -0.39 is 5.97 Å². The Morgan fingerprint density at radius 3 is 2.85 bits per heavy atom. The average molecular weight is 370 g/mol. The van der Waals surface area contributed by atoms with E-state index >= 15 is 0 Å². The molecule has 4 rings (SSSR count). The number of anilines is 1. The molecule has 27 heavy (non-hydrogen) atoms. The van der Waals surface area contributed by atoms with Crippen LogP contribution in [0.4, 0.5) is 5.82 Å². The van der Waals surface area contributed by atoms with Crippen molar-refractivity contribution in [2.45, 2.75) is 39.7 Å². The summed E-state index contributed by atoms with van der Waals surface area (Å²) in [5, 5.41) is 11.2. The van der Waals surface area contributed by atoms with Gasteiger partial charge in [-0.15, -0.1) is 0 Å². The molecule has 1 aliphatic heterocycles. The minimum absolute atomic E-state index is 0.333. The fourth-order valence-corrected chi connectivity index (χ4v) is 3.33. The van der Waals surface area contributed by atoms with E-state index in [1.54, 1.807) is 12.4 Å². The predicted octanol–water partition coefficient (Wildman–Crippen LogP) is 2.47. The lowest BCUT2D eigenvalue weighted by molar-refractivity contribution is -0.141. The molecule has 1 unspecified atom stereocenters. The second-order valence-corrected chi connectivity index (χ2v) is 7.24. The monoisotopic (exact) mass is 370 g/mol. The third-order valence-electron chi connectivity index (χ3n) is 4.42. The van der Waals surface area contributed by atoms with Gasteiger partial charge in [0.2, 0.25) is 0 Å². The Hall–Kier alpha value is -2.74. The summed E-state index contributed by atoms with van der Waals surface area (Å²) in [6, 6.07) is 2.26. The first kappa shape index (κ1) is 19.0. The summed E-state index contributed by atoms with van der Waals surface area (Å²) >= 11 is 0. The third-order valence-corrected chi connectivity index (χ3v) is 4.42. The highest BCUT2D eigenvalue weighted by Gasteiger charge is 2.27. The summed E-state index contributed by atoms with van der Waals surface area (Å²) in [7, 11) is 0. The number of carboxylic acid groups (broad SMARTS) is 1. The molecule has 144 valence electrons. The number of aryl methyl sites for hydroxylation is 1. The largest absolute Gasteiger partial charge is 0.481 e. The van der Waals surface area contributed by atoms with Crippen LogP contribution < -0.4 is 10.6 Å². The summed E-state index contributed by atoms with van der Waals surface area (Å²) in [5.41, 5.74) is 6.69. The van der Waals surface area contributed by atoms with Crippen LogP contribution >= 0.6 is 0 Å². The number of hydrogen-bond donors (Lipinski definition) is 3. The van der Waals surface area contributed by atoms with Crippen molar-refractivity contribution in [2.75, 3.05) is 18.0 Å². The van der Waals surface area contributed by atoms with Crippen molar-refractivity contribution in [3.05, 3.63) is 24.3 Å². The van der Waals surface area contributed by atoms with Crippen LogP contribution in [-0.2, 0) is 4.79 Å². The zero-order valence-corrected chi connectivity index (χ0v) is 15.9. The number of hydrogen-bond acceptors (Lipinski definition) is 6. The molecular weight excluding hydrogens is 344 g/mol. The number of aliphatic carboxylic acids is 1. The van der Waals surface area contributed by atoms with E-state index in [1.165, 1.54) is 0 Å². The number of H-pyrrole nitrogens is 1. The number of nitrogens with zero attached hydrogens (tertiary/aromatic N) is 4. The van der Waals surface area contributed by atoms with Crippen LogP contribution in [0.15, 0.2) is 18.5 Å². The molecule has 8 nitrogen and oxygen atoms in total. The summed E-state index contributed by atoms with van der Waals surface area (Å²) in [4.78, 5) is 30.0. The highest BCUT2D eigenvalue weighted by Crippen LogP contribution is 2.32. The maximum atomic E-state index is 11.4. The third kappa shape index (κ3) is 4.16. The number of pyridine rings is 1. The molecule has 4 heterocycles. The molecule has 3 aromatic heterocycles.